The standard InChI is InChI=1S/C12H16N2O3S/c1-7-4-5-8(9(13)18)10(15)14(7)6-12(2,3)11(16)17/h4-5H,6H2,1-3H3,(H2,13,18)(H,16,17). The van der Waals surface area contributed by atoms with Crippen molar-refractivity contribution in [3.63, 3.8) is 0 Å². The summed E-state index contributed by atoms with van der Waals surface area (Å²) < 4.78 is 1.39. The minimum absolute atomic E-state index is 0.0156. The summed E-state index contributed by atoms with van der Waals surface area (Å²) in [6, 6.07) is 3.26. The minimum atomic E-state index is -1.04. The fraction of sp³-hybridized carbons (Fsp3) is 0.417. The Bertz CT molecular complexity index is 561. The fourth-order valence-corrected chi connectivity index (χ4v) is 1.67. The molecule has 0 aromatic carbocycles. The van der Waals surface area contributed by atoms with E-state index in [0.29, 0.717) is 5.69 Å². The normalized spacial score (nSPS) is 11.3. The average molecular weight is 268 g/mol. The lowest BCUT2D eigenvalue weighted by atomic mass is 9.93. The summed E-state index contributed by atoms with van der Waals surface area (Å²) in [5.41, 5.74) is 4.98. The number of carboxylic acids is 1. The molecule has 0 amide bonds. The van der Waals surface area contributed by atoms with Gasteiger partial charge in [-0.05, 0) is 32.9 Å². The van der Waals surface area contributed by atoms with Crippen LogP contribution in [0.1, 0.15) is 25.1 Å². The molecule has 0 aliphatic carbocycles. The van der Waals surface area contributed by atoms with Crippen molar-refractivity contribution in [2.45, 2.75) is 27.3 Å². The van der Waals surface area contributed by atoms with Crippen molar-refractivity contribution in [1.29, 1.82) is 0 Å². The van der Waals surface area contributed by atoms with Gasteiger partial charge in [-0.15, -0.1) is 0 Å². The number of nitrogens with zero attached hydrogens (tertiary/aromatic N) is 1. The van der Waals surface area contributed by atoms with Crippen LogP contribution in [0, 0.1) is 12.3 Å². The molecule has 0 aliphatic heterocycles. The Kier molecular flexibility index (Phi) is 3.91. The molecule has 1 rings (SSSR count). The lowest BCUT2D eigenvalue weighted by molar-refractivity contribution is -0.147. The molecular formula is C12H16N2O3S. The van der Waals surface area contributed by atoms with Gasteiger partial charge in [0, 0.05) is 12.2 Å². The molecule has 0 fully saturated rings. The van der Waals surface area contributed by atoms with Crippen molar-refractivity contribution in [3.8, 4) is 0 Å². The molecule has 1 heterocycles. The average Bonchev–Trinajstić information content (AvgIpc) is 2.23. The first kappa shape index (κ1) is 14.4. The van der Waals surface area contributed by atoms with Crippen LogP contribution in [-0.2, 0) is 11.3 Å². The number of pyridine rings is 1. The number of hydrogen-bond acceptors (Lipinski definition) is 3. The first-order chi connectivity index (χ1) is 8.16. The van der Waals surface area contributed by atoms with Gasteiger partial charge in [-0.1, -0.05) is 12.2 Å². The van der Waals surface area contributed by atoms with Crippen LogP contribution in [0.5, 0.6) is 0 Å². The highest BCUT2D eigenvalue weighted by molar-refractivity contribution is 7.80. The number of thiocarbonyl (C=S) groups is 1. The molecule has 0 radical (unpaired) electrons. The van der Waals surface area contributed by atoms with Crippen LogP contribution in [0.25, 0.3) is 0 Å². The van der Waals surface area contributed by atoms with E-state index in [1.807, 2.05) is 0 Å². The second-order valence-electron chi connectivity index (χ2n) is 4.83. The van der Waals surface area contributed by atoms with E-state index in [2.05, 4.69) is 0 Å². The predicted octanol–water partition coefficient (Wildman–Crippen LogP) is 0.902. The number of nitrogens with two attached hydrogens (primary N) is 1. The molecule has 18 heavy (non-hydrogen) atoms. The zero-order chi connectivity index (χ0) is 14.1. The van der Waals surface area contributed by atoms with E-state index in [-0.39, 0.29) is 22.7 Å². The molecule has 1 aromatic rings. The Morgan fingerprint density at radius 1 is 1.50 bits per heavy atom. The zero-order valence-corrected chi connectivity index (χ0v) is 11.4. The van der Waals surface area contributed by atoms with Crippen molar-refractivity contribution in [3.05, 3.63) is 33.7 Å². The zero-order valence-electron chi connectivity index (χ0n) is 10.6. The molecule has 0 saturated carbocycles. The van der Waals surface area contributed by atoms with Gasteiger partial charge in [-0.3, -0.25) is 9.59 Å². The number of aliphatic carboxylic acids is 1. The van der Waals surface area contributed by atoms with Crippen LogP contribution in [0.4, 0.5) is 0 Å². The quantitative estimate of drug-likeness (QED) is 0.792. The molecule has 0 unspecified atom stereocenters. The van der Waals surface area contributed by atoms with Gasteiger partial charge >= 0.3 is 5.97 Å². The van der Waals surface area contributed by atoms with Gasteiger partial charge in [0.15, 0.2) is 0 Å². The summed E-state index contributed by atoms with van der Waals surface area (Å²) in [4.78, 5) is 23.3. The van der Waals surface area contributed by atoms with Crippen LogP contribution in [0.3, 0.4) is 0 Å². The molecule has 6 heteroatoms. The summed E-state index contributed by atoms with van der Waals surface area (Å²) in [7, 11) is 0. The SMILES string of the molecule is Cc1ccc(C(N)=S)c(=O)n1CC(C)(C)C(=O)O. The van der Waals surface area contributed by atoms with Crippen molar-refractivity contribution in [1.82, 2.24) is 4.57 Å². The van der Waals surface area contributed by atoms with Crippen molar-refractivity contribution in [2.75, 3.05) is 0 Å². The first-order valence-corrected chi connectivity index (χ1v) is 5.81. The lowest BCUT2D eigenvalue weighted by Gasteiger charge is -2.22. The van der Waals surface area contributed by atoms with Gasteiger partial charge in [-0.25, -0.2) is 0 Å². The molecular weight excluding hydrogens is 252 g/mol. The molecule has 0 spiro atoms. The number of hydrogen-bond donors (Lipinski definition) is 2. The first-order valence-electron chi connectivity index (χ1n) is 5.40. The van der Waals surface area contributed by atoms with Gasteiger partial charge < -0.3 is 15.4 Å². The maximum absolute atomic E-state index is 12.1. The number of aromatic nitrogens is 1. The summed E-state index contributed by atoms with van der Waals surface area (Å²) in [6.45, 7) is 4.94. The summed E-state index contributed by atoms with van der Waals surface area (Å²) in [5, 5.41) is 9.10. The van der Waals surface area contributed by atoms with E-state index in [9.17, 15) is 9.59 Å². The molecule has 0 aliphatic rings. The van der Waals surface area contributed by atoms with E-state index in [1.54, 1.807) is 32.9 Å². The maximum Gasteiger partial charge on any atom is 0.310 e. The second kappa shape index (κ2) is 4.89. The van der Waals surface area contributed by atoms with Gasteiger partial charge in [0.25, 0.3) is 5.56 Å². The maximum atomic E-state index is 12.1. The highest BCUT2D eigenvalue weighted by atomic mass is 32.1. The van der Waals surface area contributed by atoms with E-state index in [0.717, 1.165) is 0 Å². The van der Waals surface area contributed by atoms with E-state index in [1.165, 1.54) is 4.57 Å². The fourth-order valence-electron chi connectivity index (χ4n) is 1.52. The Hall–Kier alpha value is -1.69. The Labute approximate surface area is 110 Å². The largest absolute Gasteiger partial charge is 0.481 e. The van der Waals surface area contributed by atoms with Gasteiger partial charge in [0.2, 0.25) is 0 Å². The van der Waals surface area contributed by atoms with Crippen LogP contribution < -0.4 is 11.3 Å². The number of aryl methyl sites for hydroxylation is 1. The van der Waals surface area contributed by atoms with Gasteiger partial charge in [0.05, 0.1) is 11.0 Å². The van der Waals surface area contributed by atoms with Gasteiger partial charge in [-0.2, -0.15) is 0 Å². The second-order valence-corrected chi connectivity index (χ2v) is 5.27. The van der Waals surface area contributed by atoms with Gasteiger partial charge in [0.1, 0.15) is 4.99 Å². The molecule has 3 N–H and O–H groups in total. The Balaban J connectivity index is 3.34. The number of rotatable bonds is 4. The molecule has 1 aromatic heterocycles. The number of carboxylic acid groups (broad SMARTS) is 1. The highest BCUT2D eigenvalue weighted by Crippen LogP contribution is 2.18. The predicted molar refractivity (Wildman–Crippen MR) is 72.7 cm³/mol. The van der Waals surface area contributed by atoms with E-state index >= 15 is 0 Å². The van der Waals surface area contributed by atoms with Crippen molar-refractivity contribution < 1.29 is 9.90 Å². The van der Waals surface area contributed by atoms with Crippen LogP contribution in [-0.4, -0.2) is 20.6 Å². The third kappa shape index (κ3) is 2.76. The monoisotopic (exact) mass is 268 g/mol. The summed E-state index contributed by atoms with van der Waals surface area (Å²) in [5.74, 6) is -0.963. The molecule has 0 atom stereocenters. The molecule has 98 valence electrons. The molecule has 0 saturated heterocycles. The van der Waals surface area contributed by atoms with E-state index < -0.39 is 11.4 Å². The van der Waals surface area contributed by atoms with Crippen LogP contribution in [0.2, 0.25) is 0 Å². The Morgan fingerprint density at radius 3 is 2.50 bits per heavy atom. The Morgan fingerprint density at radius 2 is 2.06 bits per heavy atom. The smallest absolute Gasteiger partial charge is 0.310 e. The highest BCUT2D eigenvalue weighted by Gasteiger charge is 2.28. The summed E-state index contributed by atoms with van der Waals surface area (Å²) in [6.07, 6.45) is 0. The van der Waals surface area contributed by atoms with Crippen LogP contribution >= 0.6 is 12.2 Å². The third-order valence-corrected chi connectivity index (χ3v) is 3.01. The van der Waals surface area contributed by atoms with Crippen LogP contribution in [0.15, 0.2) is 16.9 Å². The molecule has 0 bridgehead atoms. The third-order valence-electron chi connectivity index (χ3n) is 2.79. The number of carbonyl (C=O) groups is 1. The summed E-state index contributed by atoms with van der Waals surface area (Å²) >= 11 is 4.79. The lowest BCUT2D eigenvalue weighted by Crippen LogP contribution is -2.37. The van der Waals surface area contributed by atoms with Crippen molar-refractivity contribution >= 4 is 23.2 Å². The van der Waals surface area contributed by atoms with Crippen molar-refractivity contribution in [2.24, 2.45) is 11.1 Å². The topological polar surface area (TPSA) is 85.3 Å². The van der Waals surface area contributed by atoms with E-state index in [4.69, 9.17) is 23.1 Å². The molecule has 5 nitrogen and oxygen atoms in total. The minimum Gasteiger partial charge on any atom is -0.481 e.